The second-order valence-corrected chi connectivity index (χ2v) is 7.52. The highest BCUT2D eigenvalue weighted by atomic mass is 32.2. The Morgan fingerprint density at radius 2 is 1.67 bits per heavy atom. The molecule has 0 amide bonds. The molecule has 0 atom stereocenters. The Balaban J connectivity index is 1.85. The zero-order valence-corrected chi connectivity index (χ0v) is 14.1. The Kier molecular flexibility index (Phi) is 3.46. The Morgan fingerprint density at radius 1 is 0.917 bits per heavy atom. The molecule has 0 fully saturated rings. The predicted octanol–water partition coefficient (Wildman–Crippen LogP) is 3.75. The highest BCUT2D eigenvalue weighted by Gasteiger charge is 2.23. The fourth-order valence-electron chi connectivity index (χ4n) is 3.38. The van der Waals surface area contributed by atoms with E-state index in [1.54, 1.807) is 30.3 Å². The van der Waals surface area contributed by atoms with Crippen LogP contribution in [0.5, 0.6) is 5.75 Å². The summed E-state index contributed by atoms with van der Waals surface area (Å²) in [6.07, 6.45) is 1.94. The first-order valence-corrected chi connectivity index (χ1v) is 9.28. The molecule has 0 spiro atoms. The maximum Gasteiger partial charge on any atom is 0.262 e. The molecule has 0 saturated carbocycles. The van der Waals surface area contributed by atoms with Crippen molar-refractivity contribution < 1.29 is 13.2 Å². The summed E-state index contributed by atoms with van der Waals surface area (Å²) in [4.78, 5) is 0.302. The highest BCUT2D eigenvalue weighted by molar-refractivity contribution is 7.93. The zero-order chi connectivity index (χ0) is 16.7. The number of rotatable bonds is 4. The summed E-state index contributed by atoms with van der Waals surface area (Å²) >= 11 is 0. The van der Waals surface area contributed by atoms with E-state index in [0.29, 0.717) is 16.3 Å². The van der Waals surface area contributed by atoms with Crippen LogP contribution in [0.3, 0.4) is 0 Å². The molecule has 122 valence electrons. The number of hydrogen-bond acceptors (Lipinski definition) is 3. The van der Waals surface area contributed by atoms with E-state index in [1.165, 1.54) is 18.2 Å². The molecule has 4 rings (SSSR count). The molecule has 0 aromatic heterocycles. The van der Waals surface area contributed by atoms with E-state index in [4.69, 9.17) is 4.74 Å². The summed E-state index contributed by atoms with van der Waals surface area (Å²) < 4.78 is 33.8. The molecule has 0 bridgehead atoms. The first-order chi connectivity index (χ1) is 11.6. The van der Waals surface area contributed by atoms with Crippen LogP contribution >= 0.6 is 0 Å². The highest BCUT2D eigenvalue weighted by Crippen LogP contribution is 2.35. The van der Waals surface area contributed by atoms with E-state index >= 15 is 0 Å². The summed E-state index contributed by atoms with van der Waals surface area (Å²) in [5.74, 6) is 0.493. The van der Waals surface area contributed by atoms with Crippen molar-refractivity contribution in [1.29, 1.82) is 0 Å². The Labute approximate surface area is 141 Å². The lowest BCUT2D eigenvalue weighted by molar-refractivity contribution is 0.417. The van der Waals surface area contributed by atoms with Crippen LogP contribution in [0.15, 0.2) is 59.5 Å². The van der Waals surface area contributed by atoms with Gasteiger partial charge in [-0.1, -0.05) is 36.4 Å². The van der Waals surface area contributed by atoms with Crippen molar-refractivity contribution in [3.63, 3.8) is 0 Å². The largest absolute Gasteiger partial charge is 0.495 e. The van der Waals surface area contributed by atoms with Crippen LogP contribution in [-0.4, -0.2) is 15.5 Å². The van der Waals surface area contributed by atoms with E-state index in [0.717, 1.165) is 23.6 Å². The standard InChI is InChI=1S/C19H17NO3S/c1-23-17-8-3-2-7-16(17)20-24(21,22)18-12-11-14-10-9-13-5-4-6-15(18)19(13)14/h2-8,11-12,20H,9-10H2,1H3. The van der Waals surface area contributed by atoms with Crippen molar-refractivity contribution in [3.05, 3.63) is 65.7 Å². The molecule has 4 nitrogen and oxygen atoms in total. The van der Waals surface area contributed by atoms with Crippen molar-refractivity contribution in [1.82, 2.24) is 0 Å². The van der Waals surface area contributed by atoms with Crippen molar-refractivity contribution in [2.45, 2.75) is 17.7 Å². The molecule has 0 radical (unpaired) electrons. The number of para-hydroxylation sites is 2. The third-order valence-corrected chi connectivity index (χ3v) is 5.90. The number of methoxy groups -OCH3 is 1. The lowest BCUT2D eigenvalue weighted by Crippen LogP contribution is -2.14. The fraction of sp³-hybridized carbons (Fsp3) is 0.158. The van der Waals surface area contributed by atoms with E-state index < -0.39 is 10.0 Å². The molecule has 0 saturated heterocycles. The van der Waals surface area contributed by atoms with E-state index in [1.807, 2.05) is 18.2 Å². The van der Waals surface area contributed by atoms with Crippen LogP contribution in [0.1, 0.15) is 11.1 Å². The van der Waals surface area contributed by atoms with Gasteiger partial charge >= 0.3 is 0 Å². The summed E-state index contributed by atoms with van der Waals surface area (Å²) in [7, 11) is -2.19. The maximum absolute atomic E-state index is 13.0. The van der Waals surface area contributed by atoms with Gasteiger partial charge in [0.05, 0.1) is 17.7 Å². The van der Waals surface area contributed by atoms with Gasteiger partial charge in [-0.2, -0.15) is 0 Å². The minimum Gasteiger partial charge on any atom is -0.495 e. The van der Waals surface area contributed by atoms with Crippen molar-refractivity contribution >= 4 is 26.5 Å². The smallest absolute Gasteiger partial charge is 0.262 e. The molecule has 0 unspecified atom stereocenters. The zero-order valence-electron chi connectivity index (χ0n) is 13.2. The van der Waals surface area contributed by atoms with Crippen LogP contribution < -0.4 is 9.46 Å². The molecule has 1 aliphatic carbocycles. The summed E-state index contributed by atoms with van der Waals surface area (Å²) in [6, 6.07) is 16.5. The van der Waals surface area contributed by atoms with Gasteiger partial charge in [-0.15, -0.1) is 0 Å². The second kappa shape index (κ2) is 5.53. The van der Waals surface area contributed by atoms with Gasteiger partial charge in [0.1, 0.15) is 5.75 Å². The molecule has 0 aliphatic heterocycles. The van der Waals surface area contributed by atoms with Crippen LogP contribution in [-0.2, 0) is 22.9 Å². The van der Waals surface area contributed by atoms with Gasteiger partial charge in [0.2, 0.25) is 0 Å². The normalized spacial score (nSPS) is 13.2. The monoisotopic (exact) mass is 339 g/mol. The Morgan fingerprint density at radius 3 is 2.46 bits per heavy atom. The Hall–Kier alpha value is -2.53. The molecule has 3 aromatic carbocycles. The number of ether oxygens (including phenoxy) is 1. The number of aryl methyl sites for hydroxylation is 2. The quantitative estimate of drug-likeness (QED) is 0.788. The third kappa shape index (κ3) is 2.32. The van der Waals surface area contributed by atoms with Gasteiger partial charge in [-0.25, -0.2) is 8.42 Å². The first-order valence-electron chi connectivity index (χ1n) is 7.79. The second-order valence-electron chi connectivity index (χ2n) is 5.87. The van der Waals surface area contributed by atoms with Crippen LogP contribution in [0.2, 0.25) is 0 Å². The van der Waals surface area contributed by atoms with Crippen LogP contribution in [0.4, 0.5) is 5.69 Å². The molecule has 3 aromatic rings. The van der Waals surface area contributed by atoms with Crippen LogP contribution in [0.25, 0.3) is 10.8 Å². The van der Waals surface area contributed by atoms with Crippen molar-refractivity contribution in [2.24, 2.45) is 0 Å². The molecular formula is C19H17NO3S. The molecule has 1 N–H and O–H groups in total. The molecular weight excluding hydrogens is 322 g/mol. The van der Waals surface area contributed by atoms with E-state index in [9.17, 15) is 8.42 Å². The van der Waals surface area contributed by atoms with Gasteiger partial charge in [0, 0.05) is 5.39 Å². The third-order valence-electron chi connectivity index (χ3n) is 4.48. The number of nitrogens with one attached hydrogen (secondary N) is 1. The topological polar surface area (TPSA) is 55.4 Å². The van der Waals surface area contributed by atoms with Gasteiger partial charge in [0.15, 0.2) is 0 Å². The Bertz CT molecular complexity index is 1030. The average Bonchev–Trinajstić information content (AvgIpc) is 3.00. The fourth-order valence-corrected chi connectivity index (χ4v) is 4.66. The molecule has 0 heterocycles. The molecule has 24 heavy (non-hydrogen) atoms. The minimum atomic E-state index is -3.71. The molecule has 1 aliphatic rings. The summed E-state index contributed by atoms with van der Waals surface area (Å²) in [5.41, 5.74) is 2.87. The minimum absolute atomic E-state index is 0.302. The lowest BCUT2D eigenvalue weighted by Gasteiger charge is -2.14. The van der Waals surface area contributed by atoms with Gasteiger partial charge in [0.25, 0.3) is 10.0 Å². The summed E-state index contributed by atoms with van der Waals surface area (Å²) in [5, 5.41) is 1.87. The molecule has 5 heteroatoms. The van der Waals surface area contributed by atoms with Crippen molar-refractivity contribution in [2.75, 3.05) is 11.8 Å². The number of anilines is 1. The van der Waals surface area contributed by atoms with Gasteiger partial charge < -0.3 is 4.74 Å². The van der Waals surface area contributed by atoms with Gasteiger partial charge in [-0.05, 0) is 47.6 Å². The van der Waals surface area contributed by atoms with E-state index in [-0.39, 0.29) is 0 Å². The number of benzene rings is 3. The SMILES string of the molecule is COc1ccccc1NS(=O)(=O)c1ccc2c3c(cccc13)CC2. The maximum atomic E-state index is 13.0. The summed E-state index contributed by atoms with van der Waals surface area (Å²) in [6.45, 7) is 0. The van der Waals surface area contributed by atoms with Gasteiger partial charge in [-0.3, -0.25) is 4.72 Å². The average molecular weight is 339 g/mol. The van der Waals surface area contributed by atoms with Crippen molar-refractivity contribution in [3.8, 4) is 5.75 Å². The number of hydrogen-bond donors (Lipinski definition) is 1. The number of sulfonamides is 1. The first kappa shape index (κ1) is 15.0. The van der Waals surface area contributed by atoms with E-state index in [2.05, 4.69) is 10.8 Å². The van der Waals surface area contributed by atoms with Crippen LogP contribution in [0, 0.1) is 0 Å². The lowest BCUT2D eigenvalue weighted by atomic mass is 10.1. The predicted molar refractivity (Wildman–Crippen MR) is 95.2 cm³/mol.